The van der Waals surface area contributed by atoms with Gasteiger partial charge in [0.15, 0.2) is 5.78 Å². The molecule has 0 heterocycles. The van der Waals surface area contributed by atoms with E-state index < -0.39 is 11.7 Å². The van der Waals surface area contributed by atoms with E-state index in [0.717, 1.165) is 34.4 Å². The van der Waals surface area contributed by atoms with Crippen molar-refractivity contribution < 1.29 is 27.9 Å². The number of aryl methyl sites for hydroxylation is 1. The van der Waals surface area contributed by atoms with E-state index in [0.29, 0.717) is 24.8 Å². The molecule has 0 aliphatic rings. The Bertz CT molecular complexity index is 1470. The first-order valence-corrected chi connectivity index (χ1v) is 13.3. The Labute approximate surface area is 232 Å². The molecule has 0 aromatic heterocycles. The molecule has 0 amide bonds. The van der Waals surface area contributed by atoms with Crippen LogP contribution in [-0.4, -0.2) is 16.7 Å². The van der Waals surface area contributed by atoms with Gasteiger partial charge in [-0.25, -0.2) is 0 Å². The van der Waals surface area contributed by atoms with E-state index in [9.17, 15) is 27.9 Å². The summed E-state index contributed by atoms with van der Waals surface area (Å²) in [6.45, 7) is 1.84. The number of halogens is 3. The molecule has 0 atom stereocenters. The number of alkyl halides is 3. The van der Waals surface area contributed by atoms with Crippen molar-refractivity contribution in [2.45, 2.75) is 51.6 Å². The summed E-state index contributed by atoms with van der Waals surface area (Å²) in [4.78, 5) is 24.8. The number of carbonyl (C=O) groups excluding carboxylic acids is 2. The number of carbonyl (C=O) groups is 2. The lowest BCUT2D eigenvalue weighted by atomic mass is 9.94. The van der Waals surface area contributed by atoms with Crippen LogP contribution in [0.15, 0.2) is 91.0 Å². The van der Waals surface area contributed by atoms with Gasteiger partial charge in [-0.15, -0.1) is 0 Å². The Morgan fingerprint density at radius 1 is 0.725 bits per heavy atom. The highest BCUT2D eigenvalue weighted by atomic mass is 19.4. The van der Waals surface area contributed by atoms with Crippen molar-refractivity contribution in [3.05, 3.63) is 136 Å². The molecule has 0 aliphatic heterocycles. The molecule has 40 heavy (non-hydrogen) atoms. The third-order valence-corrected chi connectivity index (χ3v) is 6.91. The number of ketones is 2. The molecule has 0 aliphatic carbocycles. The SMILES string of the molecule is CCC(=O)c1cccc(Cc2ccc(CCC(=O)Cc3cc(C(F)(F)F)cc(Cc4ccccc4)c3O)cc2)c1. The predicted molar refractivity (Wildman–Crippen MR) is 150 cm³/mol. The molecule has 0 fully saturated rings. The molecule has 6 heteroatoms. The minimum atomic E-state index is -4.59. The van der Waals surface area contributed by atoms with Gasteiger partial charge in [-0.1, -0.05) is 79.7 Å². The monoisotopic (exact) mass is 544 g/mol. The molecule has 1 N–H and O–H groups in total. The summed E-state index contributed by atoms with van der Waals surface area (Å²) in [7, 11) is 0. The molecule has 4 aromatic rings. The van der Waals surface area contributed by atoms with Crippen molar-refractivity contribution in [2.24, 2.45) is 0 Å². The molecule has 0 saturated heterocycles. The zero-order valence-corrected chi connectivity index (χ0v) is 22.3. The standard InChI is InChI=1S/C34H31F3O3/c1-2-32(39)27-10-6-9-26(19-27)17-25-13-11-23(12-14-25)15-16-31(38)22-29-21-30(34(35,36)37)20-28(33(29)40)18-24-7-4-3-5-8-24/h3-14,19-21,40H,2,15-18,22H2,1H3. The summed E-state index contributed by atoms with van der Waals surface area (Å²) < 4.78 is 40.8. The van der Waals surface area contributed by atoms with Crippen molar-refractivity contribution in [1.29, 1.82) is 0 Å². The molecule has 0 unspecified atom stereocenters. The van der Waals surface area contributed by atoms with E-state index >= 15 is 0 Å². The number of aromatic hydroxyl groups is 1. The van der Waals surface area contributed by atoms with E-state index in [1.807, 2.05) is 61.5 Å². The molecule has 206 valence electrons. The summed E-state index contributed by atoms with van der Waals surface area (Å²) >= 11 is 0. The van der Waals surface area contributed by atoms with E-state index in [4.69, 9.17) is 0 Å². The molecular weight excluding hydrogens is 513 g/mol. The van der Waals surface area contributed by atoms with Gasteiger partial charge in [0.25, 0.3) is 0 Å². The van der Waals surface area contributed by atoms with Crippen molar-refractivity contribution in [2.75, 3.05) is 0 Å². The lowest BCUT2D eigenvalue weighted by Crippen LogP contribution is -2.10. The smallest absolute Gasteiger partial charge is 0.416 e. The fraction of sp³-hybridized carbons (Fsp3) is 0.235. The normalized spacial score (nSPS) is 11.4. The summed E-state index contributed by atoms with van der Waals surface area (Å²) in [6.07, 6.45) is -3.03. The van der Waals surface area contributed by atoms with Gasteiger partial charge in [0.2, 0.25) is 0 Å². The zero-order valence-electron chi connectivity index (χ0n) is 22.3. The molecule has 0 bridgehead atoms. The molecule has 0 saturated carbocycles. The summed E-state index contributed by atoms with van der Waals surface area (Å²) in [5.74, 6) is -0.409. The van der Waals surface area contributed by atoms with Gasteiger partial charge in [-0.05, 0) is 58.9 Å². The van der Waals surface area contributed by atoms with Crippen LogP contribution in [0.1, 0.15) is 69.1 Å². The molecule has 4 rings (SSSR count). The van der Waals surface area contributed by atoms with Crippen molar-refractivity contribution in [1.82, 2.24) is 0 Å². The fourth-order valence-electron chi connectivity index (χ4n) is 4.71. The third kappa shape index (κ3) is 7.69. The Morgan fingerprint density at radius 3 is 2.02 bits per heavy atom. The number of benzene rings is 4. The Hall–Kier alpha value is -4.19. The number of phenolic OH excluding ortho intramolecular Hbond substituents is 1. The van der Waals surface area contributed by atoms with Crippen LogP contribution < -0.4 is 0 Å². The van der Waals surface area contributed by atoms with E-state index in [2.05, 4.69) is 0 Å². The molecule has 0 radical (unpaired) electrons. The maximum Gasteiger partial charge on any atom is 0.416 e. The van der Waals surface area contributed by atoms with Gasteiger partial charge in [0.05, 0.1) is 5.56 Å². The van der Waals surface area contributed by atoms with Gasteiger partial charge in [0.1, 0.15) is 11.5 Å². The average molecular weight is 545 g/mol. The molecule has 3 nitrogen and oxygen atoms in total. The summed E-state index contributed by atoms with van der Waals surface area (Å²) in [5.41, 5.74) is 3.76. The van der Waals surface area contributed by atoms with Gasteiger partial charge >= 0.3 is 6.18 Å². The number of hydrogen-bond donors (Lipinski definition) is 1. The Kier molecular flexibility index (Phi) is 9.20. The van der Waals surface area contributed by atoms with Gasteiger partial charge < -0.3 is 5.11 Å². The second-order valence-corrected chi connectivity index (χ2v) is 9.99. The minimum absolute atomic E-state index is 0.00936. The van der Waals surface area contributed by atoms with E-state index in [1.165, 1.54) is 0 Å². The second-order valence-electron chi connectivity index (χ2n) is 9.99. The maximum atomic E-state index is 13.6. The van der Waals surface area contributed by atoms with Crippen LogP contribution in [0.25, 0.3) is 0 Å². The zero-order chi connectivity index (χ0) is 28.7. The topological polar surface area (TPSA) is 54.4 Å². The molecule has 4 aromatic carbocycles. The van der Waals surface area contributed by atoms with Crippen LogP contribution in [0.5, 0.6) is 5.75 Å². The maximum absolute atomic E-state index is 13.6. The number of rotatable bonds is 11. The number of phenols is 1. The Morgan fingerprint density at radius 2 is 1.35 bits per heavy atom. The number of hydrogen-bond acceptors (Lipinski definition) is 3. The van der Waals surface area contributed by atoms with Crippen LogP contribution in [0.3, 0.4) is 0 Å². The molecule has 0 spiro atoms. The third-order valence-electron chi connectivity index (χ3n) is 6.91. The quantitative estimate of drug-likeness (QED) is 0.195. The van der Waals surface area contributed by atoms with E-state index in [1.54, 1.807) is 24.3 Å². The van der Waals surface area contributed by atoms with Crippen LogP contribution in [0.4, 0.5) is 13.2 Å². The van der Waals surface area contributed by atoms with Crippen molar-refractivity contribution in [3.8, 4) is 5.75 Å². The molecular formula is C34H31F3O3. The minimum Gasteiger partial charge on any atom is -0.507 e. The van der Waals surface area contributed by atoms with Gasteiger partial charge in [-0.2, -0.15) is 13.2 Å². The first kappa shape index (κ1) is 28.8. The van der Waals surface area contributed by atoms with Crippen LogP contribution in [-0.2, 0) is 36.7 Å². The van der Waals surface area contributed by atoms with E-state index in [-0.39, 0.29) is 47.7 Å². The van der Waals surface area contributed by atoms with Crippen LogP contribution in [0, 0.1) is 0 Å². The first-order chi connectivity index (χ1) is 19.1. The van der Waals surface area contributed by atoms with Crippen LogP contribution in [0.2, 0.25) is 0 Å². The average Bonchev–Trinajstić information content (AvgIpc) is 2.94. The highest BCUT2D eigenvalue weighted by molar-refractivity contribution is 5.96. The lowest BCUT2D eigenvalue weighted by molar-refractivity contribution is -0.137. The predicted octanol–water partition coefficient (Wildman–Crippen LogP) is 7.93. The largest absolute Gasteiger partial charge is 0.507 e. The Balaban J connectivity index is 1.40. The second kappa shape index (κ2) is 12.8. The highest BCUT2D eigenvalue weighted by Crippen LogP contribution is 2.36. The lowest BCUT2D eigenvalue weighted by Gasteiger charge is -2.15. The van der Waals surface area contributed by atoms with Gasteiger partial charge in [-0.3, -0.25) is 9.59 Å². The van der Waals surface area contributed by atoms with Crippen molar-refractivity contribution in [3.63, 3.8) is 0 Å². The summed E-state index contributed by atoms with van der Waals surface area (Å²) in [6, 6.07) is 26.2. The summed E-state index contributed by atoms with van der Waals surface area (Å²) in [5, 5.41) is 10.7. The van der Waals surface area contributed by atoms with Gasteiger partial charge in [0, 0.05) is 36.8 Å². The first-order valence-electron chi connectivity index (χ1n) is 13.3. The van der Waals surface area contributed by atoms with Crippen LogP contribution >= 0.6 is 0 Å². The fourth-order valence-corrected chi connectivity index (χ4v) is 4.71. The number of Topliss-reactive ketones (excluding diaryl/α,β-unsaturated/α-hetero) is 2. The van der Waals surface area contributed by atoms with Crippen molar-refractivity contribution >= 4 is 11.6 Å². The highest BCUT2D eigenvalue weighted by Gasteiger charge is 2.32.